The number of aryl methyl sites for hydroxylation is 1. The fourth-order valence-electron chi connectivity index (χ4n) is 4.26. The normalized spacial score (nSPS) is 18.3. The number of hydrogen-bond acceptors (Lipinski definition) is 5. The lowest BCUT2D eigenvalue weighted by Gasteiger charge is -2.28. The topological polar surface area (TPSA) is 88.5 Å². The monoisotopic (exact) mass is 485 g/mol. The van der Waals surface area contributed by atoms with Crippen LogP contribution in [0.5, 0.6) is 5.75 Å². The molecule has 1 aromatic carbocycles. The van der Waals surface area contributed by atoms with Gasteiger partial charge in [-0.25, -0.2) is 8.42 Å². The highest BCUT2D eigenvalue weighted by atomic mass is 32.2. The predicted molar refractivity (Wildman–Crippen MR) is 134 cm³/mol. The molecule has 33 heavy (non-hydrogen) atoms. The largest absolute Gasteiger partial charge is 0.495 e. The van der Waals surface area contributed by atoms with E-state index >= 15 is 0 Å². The summed E-state index contributed by atoms with van der Waals surface area (Å²) in [5.41, 5.74) is 5.33. The number of rotatable bonds is 6. The molecule has 1 aliphatic rings. The molecule has 3 heterocycles. The summed E-state index contributed by atoms with van der Waals surface area (Å²) in [6.45, 7) is 4.15. The second-order valence-corrected chi connectivity index (χ2v) is 10.3. The molecular formula is C23H27N5O3S2. The van der Waals surface area contributed by atoms with Crippen LogP contribution in [0.2, 0.25) is 0 Å². The van der Waals surface area contributed by atoms with Crippen molar-refractivity contribution >= 4 is 38.7 Å². The first-order valence-electron chi connectivity index (χ1n) is 10.4. The minimum absolute atomic E-state index is 0.187. The van der Waals surface area contributed by atoms with Crippen molar-refractivity contribution in [3.8, 4) is 5.75 Å². The molecule has 10 heteroatoms. The lowest BCUT2D eigenvalue weighted by Crippen LogP contribution is -2.29. The first-order valence-corrected chi connectivity index (χ1v) is 12.7. The van der Waals surface area contributed by atoms with Gasteiger partial charge in [-0.3, -0.25) is 9.71 Å². The fraction of sp³-hybridized carbons (Fsp3) is 0.304. The summed E-state index contributed by atoms with van der Waals surface area (Å²) in [4.78, 5) is 6.60. The molecule has 174 valence electrons. The Bertz CT molecular complexity index is 1310. The van der Waals surface area contributed by atoms with Crippen molar-refractivity contribution in [1.82, 2.24) is 14.9 Å². The van der Waals surface area contributed by atoms with Gasteiger partial charge in [0, 0.05) is 30.3 Å². The second kappa shape index (κ2) is 8.68. The fourth-order valence-corrected chi connectivity index (χ4v) is 5.16. The highest BCUT2D eigenvalue weighted by Crippen LogP contribution is 2.44. The number of thiocarbonyl (C=S) groups is 1. The highest BCUT2D eigenvalue weighted by Gasteiger charge is 2.42. The van der Waals surface area contributed by atoms with Crippen LogP contribution >= 0.6 is 12.2 Å². The average molecular weight is 486 g/mol. The van der Waals surface area contributed by atoms with Gasteiger partial charge in [0.2, 0.25) is 10.0 Å². The second-order valence-electron chi connectivity index (χ2n) is 8.14. The molecule has 1 aliphatic heterocycles. The molecule has 2 aromatic heterocycles. The maximum atomic E-state index is 11.9. The van der Waals surface area contributed by atoms with Crippen LogP contribution in [0.1, 0.15) is 34.7 Å². The zero-order valence-electron chi connectivity index (χ0n) is 19.2. The van der Waals surface area contributed by atoms with E-state index in [1.54, 1.807) is 18.3 Å². The lowest BCUT2D eigenvalue weighted by atomic mass is 9.96. The number of pyridine rings is 1. The number of sulfonamides is 1. The van der Waals surface area contributed by atoms with Crippen LogP contribution in [0.15, 0.2) is 48.7 Å². The molecule has 4 rings (SSSR count). The van der Waals surface area contributed by atoms with Gasteiger partial charge in [-0.05, 0) is 68.0 Å². The van der Waals surface area contributed by atoms with E-state index < -0.39 is 10.0 Å². The van der Waals surface area contributed by atoms with Crippen LogP contribution < -0.4 is 19.7 Å². The molecule has 0 saturated carbocycles. The van der Waals surface area contributed by atoms with E-state index in [4.69, 9.17) is 17.0 Å². The number of anilines is 2. The molecular weight excluding hydrogens is 458 g/mol. The molecule has 0 bridgehead atoms. The van der Waals surface area contributed by atoms with Gasteiger partial charge in [-0.2, -0.15) is 0 Å². The number of aromatic nitrogens is 2. The summed E-state index contributed by atoms with van der Waals surface area (Å²) in [5.74, 6) is 0.423. The third-order valence-electron chi connectivity index (χ3n) is 5.99. The molecule has 0 unspecified atom stereocenters. The minimum Gasteiger partial charge on any atom is -0.495 e. The Morgan fingerprint density at radius 3 is 2.52 bits per heavy atom. The van der Waals surface area contributed by atoms with Crippen LogP contribution in [0.25, 0.3) is 0 Å². The summed E-state index contributed by atoms with van der Waals surface area (Å²) in [6, 6.07) is 13.0. The van der Waals surface area contributed by atoms with E-state index in [1.165, 1.54) is 7.11 Å². The molecule has 3 aromatic rings. The van der Waals surface area contributed by atoms with Crippen LogP contribution in [0.3, 0.4) is 0 Å². The SMILES string of the molecule is COc1ccc(N2C(=S)N[C@@H](c3ccccn3)[C@@H]2c2cc(C)n(C)c2C)cc1NS(C)(=O)=O. The third kappa shape index (κ3) is 4.40. The lowest BCUT2D eigenvalue weighted by molar-refractivity contribution is 0.417. The maximum Gasteiger partial charge on any atom is 0.229 e. The molecule has 2 N–H and O–H groups in total. The van der Waals surface area contributed by atoms with Crippen molar-refractivity contribution in [2.75, 3.05) is 23.0 Å². The van der Waals surface area contributed by atoms with E-state index in [1.807, 2.05) is 36.2 Å². The van der Waals surface area contributed by atoms with Crippen LogP contribution in [-0.2, 0) is 17.1 Å². The van der Waals surface area contributed by atoms with Crippen LogP contribution in [-0.4, -0.2) is 36.4 Å². The van der Waals surface area contributed by atoms with E-state index in [2.05, 4.69) is 39.5 Å². The van der Waals surface area contributed by atoms with Crippen molar-refractivity contribution in [2.45, 2.75) is 25.9 Å². The Hall–Kier alpha value is -3.11. The van der Waals surface area contributed by atoms with Gasteiger partial charge in [0.05, 0.1) is 36.8 Å². The Morgan fingerprint density at radius 1 is 1.18 bits per heavy atom. The Kier molecular flexibility index (Phi) is 6.06. The zero-order valence-corrected chi connectivity index (χ0v) is 20.8. The van der Waals surface area contributed by atoms with Gasteiger partial charge in [-0.15, -0.1) is 0 Å². The van der Waals surface area contributed by atoms with E-state index in [0.29, 0.717) is 16.5 Å². The number of methoxy groups -OCH3 is 1. The molecule has 0 amide bonds. The first-order chi connectivity index (χ1) is 15.6. The Labute approximate surface area is 199 Å². The third-order valence-corrected chi connectivity index (χ3v) is 6.89. The van der Waals surface area contributed by atoms with E-state index in [-0.39, 0.29) is 12.1 Å². The molecule has 1 fully saturated rings. The van der Waals surface area contributed by atoms with E-state index in [0.717, 1.165) is 34.6 Å². The minimum atomic E-state index is -3.50. The highest BCUT2D eigenvalue weighted by molar-refractivity contribution is 7.92. The number of ether oxygens (including phenoxy) is 1. The molecule has 0 radical (unpaired) electrons. The summed E-state index contributed by atoms with van der Waals surface area (Å²) >= 11 is 5.78. The molecule has 1 saturated heterocycles. The summed E-state index contributed by atoms with van der Waals surface area (Å²) < 4.78 is 33.9. The van der Waals surface area contributed by atoms with Crippen molar-refractivity contribution in [2.24, 2.45) is 7.05 Å². The number of nitrogens with zero attached hydrogens (tertiary/aromatic N) is 3. The molecule has 8 nitrogen and oxygen atoms in total. The smallest absolute Gasteiger partial charge is 0.229 e. The number of benzene rings is 1. The summed E-state index contributed by atoms with van der Waals surface area (Å²) in [7, 11) is 0.0364. The standard InChI is InChI=1S/C23H27N5O3S2/c1-14-12-17(15(2)27(14)3)22-21(18-8-6-7-11-24-18)25-23(32)28(22)16-9-10-20(31-4)19(13-16)26-33(5,29)30/h6-13,21-22,26H,1-5H3,(H,25,32)/t21-,22-/m0/s1. The van der Waals surface area contributed by atoms with Crippen molar-refractivity contribution in [1.29, 1.82) is 0 Å². The van der Waals surface area contributed by atoms with Gasteiger partial charge in [0.15, 0.2) is 5.11 Å². The van der Waals surface area contributed by atoms with Crippen molar-refractivity contribution in [3.63, 3.8) is 0 Å². The van der Waals surface area contributed by atoms with Gasteiger partial charge in [0.25, 0.3) is 0 Å². The summed E-state index contributed by atoms with van der Waals surface area (Å²) in [5, 5.41) is 3.97. The van der Waals surface area contributed by atoms with Crippen molar-refractivity contribution < 1.29 is 13.2 Å². The maximum absolute atomic E-state index is 11.9. The van der Waals surface area contributed by atoms with Crippen LogP contribution in [0, 0.1) is 13.8 Å². The molecule has 2 atom stereocenters. The quantitative estimate of drug-likeness (QED) is 0.516. The van der Waals surface area contributed by atoms with Crippen molar-refractivity contribution in [3.05, 3.63) is 71.3 Å². The number of nitrogens with one attached hydrogen (secondary N) is 2. The van der Waals surface area contributed by atoms with Gasteiger partial charge >= 0.3 is 0 Å². The predicted octanol–water partition coefficient (Wildman–Crippen LogP) is 3.59. The average Bonchev–Trinajstić information content (AvgIpc) is 3.24. The first kappa shape index (κ1) is 23.1. The molecule has 0 aliphatic carbocycles. The Morgan fingerprint density at radius 2 is 1.94 bits per heavy atom. The van der Waals surface area contributed by atoms with Gasteiger partial charge in [0.1, 0.15) is 5.75 Å². The van der Waals surface area contributed by atoms with E-state index in [9.17, 15) is 8.42 Å². The summed E-state index contributed by atoms with van der Waals surface area (Å²) in [6.07, 6.45) is 2.88. The zero-order chi connectivity index (χ0) is 23.9. The Balaban J connectivity index is 1.88. The van der Waals surface area contributed by atoms with Crippen LogP contribution in [0.4, 0.5) is 11.4 Å². The number of hydrogen-bond donors (Lipinski definition) is 2. The van der Waals surface area contributed by atoms with Gasteiger partial charge in [-0.1, -0.05) is 6.07 Å². The van der Waals surface area contributed by atoms with Gasteiger partial charge < -0.3 is 19.5 Å². The molecule has 0 spiro atoms.